The van der Waals surface area contributed by atoms with Gasteiger partial charge in [-0.15, -0.1) is 0 Å². The molecule has 9 nitrogen and oxygen atoms in total. The molecule has 0 rings (SSSR count). The quantitative estimate of drug-likeness (QED) is 0.0195. The smallest absolute Gasteiger partial charge is 0.306 e. The topological polar surface area (TPSA) is 111 Å². The Morgan fingerprint density at radius 1 is 0.364 bits per heavy atom. The SMILES string of the molecule is CC/C=C\C/C=C\C/C=C\C/C=C\C/C=C\C/C=C\CCCCCCCCCCCCCCC(=O)OC(COC(=O)CCCCCCCCCCCCCCCCCCCCCCC/C=C\CCCCCCCCCC)COP(=O)([O-])OCC[N+](C)(C)C. The van der Waals surface area contributed by atoms with Crippen molar-refractivity contribution in [3.05, 3.63) is 85.1 Å². The largest absolute Gasteiger partial charge is 0.756 e. The third-order valence-corrected chi connectivity index (χ3v) is 17.4. The number of carbonyl (C=O) groups excluding carboxylic acids is 2. The number of likely N-dealkylation sites (N-methyl/N-ethyl adjacent to an activating group) is 1. The first-order chi connectivity index (χ1) is 43.0. The number of phosphoric acid groups is 1. The number of phosphoric ester groups is 1. The van der Waals surface area contributed by atoms with Crippen molar-refractivity contribution in [3.63, 3.8) is 0 Å². The molecule has 512 valence electrons. The summed E-state index contributed by atoms with van der Waals surface area (Å²) >= 11 is 0. The number of quaternary nitrogens is 1. The summed E-state index contributed by atoms with van der Waals surface area (Å²) in [5.41, 5.74) is 0. The summed E-state index contributed by atoms with van der Waals surface area (Å²) in [6.07, 6.45) is 94.0. The van der Waals surface area contributed by atoms with Crippen LogP contribution in [0.4, 0.5) is 0 Å². The van der Waals surface area contributed by atoms with E-state index in [0.717, 1.165) is 77.0 Å². The average molecular weight is 1250 g/mol. The Kier molecular flexibility index (Phi) is 66.4. The van der Waals surface area contributed by atoms with Gasteiger partial charge in [-0.05, 0) is 89.9 Å². The molecule has 0 aliphatic carbocycles. The van der Waals surface area contributed by atoms with E-state index < -0.39 is 26.5 Å². The molecule has 0 aromatic carbocycles. The summed E-state index contributed by atoms with van der Waals surface area (Å²) < 4.78 is 34.4. The minimum Gasteiger partial charge on any atom is -0.756 e. The fourth-order valence-electron chi connectivity index (χ4n) is 10.7. The lowest BCUT2D eigenvalue weighted by atomic mass is 10.0. The van der Waals surface area contributed by atoms with Gasteiger partial charge in [0.25, 0.3) is 7.82 Å². The Morgan fingerprint density at radius 2 is 0.648 bits per heavy atom. The van der Waals surface area contributed by atoms with E-state index in [1.807, 2.05) is 21.1 Å². The van der Waals surface area contributed by atoms with Gasteiger partial charge in [0, 0.05) is 12.8 Å². The molecule has 0 radical (unpaired) electrons. The predicted octanol–water partition coefficient (Wildman–Crippen LogP) is 23.9. The van der Waals surface area contributed by atoms with Crippen molar-refractivity contribution in [1.82, 2.24) is 0 Å². The number of unbranched alkanes of at least 4 members (excludes halogenated alkanes) is 41. The van der Waals surface area contributed by atoms with E-state index in [2.05, 4.69) is 98.9 Å². The van der Waals surface area contributed by atoms with E-state index >= 15 is 0 Å². The van der Waals surface area contributed by atoms with Crippen molar-refractivity contribution in [2.75, 3.05) is 47.5 Å². The zero-order chi connectivity index (χ0) is 64.1. The summed E-state index contributed by atoms with van der Waals surface area (Å²) in [5, 5.41) is 0. The number of esters is 2. The fraction of sp³-hybridized carbons (Fsp3) is 0.795. The number of carbonyl (C=O) groups is 2. The van der Waals surface area contributed by atoms with Crippen LogP contribution in [0.5, 0.6) is 0 Å². The first-order valence-electron chi connectivity index (χ1n) is 37.3. The Morgan fingerprint density at radius 3 is 0.977 bits per heavy atom. The van der Waals surface area contributed by atoms with Crippen LogP contribution in [-0.2, 0) is 32.7 Å². The van der Waals surface area contributed by atoms with Crippen molar-refractivity contribution >= 4 is 19.8 Å². The van der Waals surface area contributed by atoms with Crippen LogP contribution in [0.25, 0.3) is 0 Å². The second kappa shape index (κ2) is 68.6. The van der Waals surface area contributed by atoms with Crippen LogP contribution in [0.15, 0.2) is 85.1 Å². The normalized spacial score (nSPS) is 13.6. The number of allylic oxidation sites excluding steroid dienone is 14. The Labute approximate surface area is 545 Å². The van der Waals surface area contributed by atoms with Crippen LogP contribution in [0.3, 0.4) is 0 Å². The second-order valence-electron chi connectivity index (χ2n) is 26.3. The molecular formula is C78H142NO8P. The molecule has 0 aromatic rings. The van der Waals surface area contributed by atoms with Crippen LogP contribution in [0, 0.1) is 0 Å². The van der Waals surface area contributed by atoms with Crippen LogP contribution in [0.2, 0.25) is 0 Å². The summed E-state index contributed by atoms with van der Waals surface area (Å²) in [6.45, 7) is 4.17. The number of ether oxygens (including phenoxy) is 2. The first-order valence-corrected chi connectivity index (χ1v) is 38.8. The molecule has 0 N–H and O–H groups in total. The van der Waals surface area contributed by atoms with Crippen molar-refractivity contribution in [2.24, 2.45) is 0 Å². The molecule has 0 aliphatic rings. The number of hydrogen-bond donors (Lipinski definition) is 0. The molecule has 0 aliphatic heterocycles. The van der Waals surface area contributed by atoms with Gasteiger partial charge in [-0.25, -0.2) is 0 Å². The maximum atomic E-state index is 12.9. The summed E-state index contributed by atoms with van der Waals surface area (Å²) in [4.78, 5) is 38.1. The molecule has 0 aromatic heterocycles. The van der Waals surface area contributed by atoms with E-state index in [1.165, 1.54) is 238 Å². The molecule has 0 amide bonds. The third kappa shape index (κ3) is 72.3. The summed E-state index contributed by atoms with van der Waals surface area (Å²) in [6, 6.07) is 0. The molecule has 88 heavy (non-hydrogen) atoms. The Hall–Kier alpha value is -2.81. The van der Waals surface area contributed by atoms with Crippen LogP contribution >= 0.6 is 7.82 Å². The highest BCUT2D eigenvalue weighted by molar-refractivity contribution is 7.45. The highest BCUT2D eigenvalue weighted by Crippen LogP contribution is 2.38. The molecule has 0 bridgehead atoms. The van der Waals surface area contributed by atoms with Crippen molar-refractivity contribution in [2.45, 2.75) is 354 Å². The molecule has 0 saturated carbocycles. The number of rotatable bonds is 69. The third-order valence-electron chi connectivity index (χ3n) is 16.4. The maximum Gasteiger partial charge on any atom is 0.306 e. The fourth-order valence-corrected chi connectivity index (χ4v) is 11.4. The van der Waals surface area contributed by atoms with E-state index in [4.69, 9.17) is 18.5 Å². The molecule has 0 saturated heterocycles. The van der Waals surface area contributed by atoms with Gasteiger partial charge in [0.15, 0.2) is 6.10 Å². The zero-order valence-corrected chi connectivity index (χ0v) is 59.3. The van der Waals surface area contributed by atoms with Crippen molar-refractivity contribution in [1.29, 1.82) is 0 Å². The van der Waals surface area contributed by atoms with Crippen LogP contribution in [-0.4, -0.2) is 70.0 Å². The molecule has 0 heterocycles. The van der Waals surface area contributed by atoms with E-state index in [1.54, 1.807) is 0 Å². The van der Waals surface area contributed by atoms with E-state index in [0.29, 0.717) is 17.4 Å². The predicted molar refractivity (Wildman–Crippen MR) is 379 cm³/mol. The first kappa shape index (κ1) is 85.2. The average Bonchev–Trinajstić information content (AvgIpc) is 3.68. The van der Waals surface area contributed by atoms with Gasteiger partial charge < -0.3 is 27.9 Å². The van der Waals surface area contributed by atoms with Crippen LogP contribution in [0.1, 0.15) is 348 Å². The van der Waals surface area contributed by atoms with Gasteiger partial charge in [0.1, 0.15) is 19.8 Å². The van der Waals surface area contributed by atoms with Gasteiger partial charge >= 0.3 is 11.9 Å². The van der Waals surface area contributed by atoms with Gasteiger partial charge in [-0.3, -0.25) is 14.2 Å². The second-order valence-corrected chi connectivity index (χ2v) is 27.7. The lowest BCUT2D eigenvalue weighted by Crippen LogP contribution is -2.37. The van der Waals surface area contributed by atoms with E-state index in [-0.39, 0.29) is 32.0 Å². The zero-order valence-electron chi connectivity index (χ0n) is 58.4. The molecule has 0 fully saturated rings. The lowest BCUT2D eigenvalue weighted by molar-refractivity contribution is -0.870. The molecule has 0 spiro atoms. The van der Waals surface area contributed by atoms with Gasteiger partial charge in [-0.2, -0.15) is 0 Å². The van der Waals surface area contributed by atoms with Gasteiger partial charge in [-0.1, -0.05) is 330 Å². The summed E-state index contributed by atoms with van der Waals surface area (Å²) in [7, 11) is 1.17. The highest BCUT2D eigenvalue weighted by Gasteiger charge is 2.22. The van der Waals surface area contributed by atoms with Gasteiger partial charge in [0.2, 0.25) is 0 Å². The lowest BCUT2D eigenvalue weighted by Gasteiger charge is -2.28. The molecular weight excluding hydrogens is 1110 g/mol. The Balaban J connectivity index is 4.00. The van der Waals surface area contributed by atoms with Crippen molar-refractivity contribution in [3.8, 4) is 0 Å². The number of hydrogen-bond acceptors (Lipinski definition) is 8. The summed E-state index contributed by atoms with van der Waals surface area (Å²) in [5.74, 6) is -0.823. The Bertz CT molecular complexity index is 1760. The van der Waals surface area contributed by atoms with E-state index in [9.17, 15) is 19.0 Å². The maximum absolute atomic E-state index is 12.9. The van der Waals surface area contributed by atoms with Gasteiger partial charge in [0.05, 0.1) is 27.7 Å². The standard InChI is InChI=1S/C78H142NO8P/c1-6-8-10-12-14-16-18-20-22-24-26-28-30-32-34-36-38-39-41-42-44-46-48-50-52-54-56-58-60-62-64-66-68-70-77(80)84-74-76(75-86-88(82,83)85-73-72-79(3,4)5)87-78(81)71-69-67-65-63-61-59-57-55-53-51-49-47-45-43-40-37-35-33-31-29-27-25-23-21-19-17-15-13-11-9-7-2/h9,11,15,17,21,23-24,26-27,29,33,35,40,43,76H,6-8,10,12-14,16,18-20,22,25,28,30-32,34,36-39,41-42,44-75H2,1-5H3/b11-9-,17-15-,23-21-,26-24-,29-27-,35-33-,43-40-. The molecule has 2 atom stereocenters. The monoisotopic (exact) mass is 1250 g/mol. The molecule has 2 unspecified atom stereocenters. The number of nitrogens with zero attached hydrogens (tertiary/aromatic N) is 1. The van der Waals surface area contributed by atoms with Crippen molar-refractivity contribution < 1.29 is 42.1 Å². The molecule has 10 heteroatoms. The van der Waals surface area contributed by atoms with Crippen LogP contribution < -0.4 is 4.89 Å². The highest BCUT2D eigenvalue weighted by atomic mass is 31.2. The minimum absolute atomic E-state index is 0.0323. The minimum atomic E-state index is -4.65.